The molecule has 0 unspecified atom stereocenters. The molecule has 0 fully saturated rings. The van der Waals surface area contributed by atoms with E-state index < -0.39 is 10.0 Å². The van der Waals surface area contributed by atoms with Crippen LogP contribution < -0.4 is 14.2 Å². The number of rotatable bonds is 6. The lowest BCUT2D eigenvalue weighted by Gasteiger charge is -2.15. The topological polar surface area (TPSA) is 95.3 Å². The summed E-state index contributed by atoms with van der Waals surface area (Å²) in [5.41, 5.74) is 4.06. The number of nitrogens with one attached hydrogen (secondary N) is 1. The number of benzene rings is 2. The number of hydrogen-bond donors (Lipinski definition) is 1. The van der Waals surface area contributed by atoms with Crippen LogP contribution in [0.15, 0.2) is 47.4 Å². The fourth-order valence-corrected chi connectivity index (χ4v) is 4.99. The minimum atomic E-state index is -3.97. The van der Waals surface area contributed by atoms with Gasteiger partial charge in [0.1, 0.15) is 27.7 Å². The monoisotopic (exact) mass is 466 g/mol. The summed E-state index contributed by atoms with van der Waals surface area (Å²) >= 11 is 0. The third-order valence-corrected chi connectivity index (χ3v) is 6.95. The Labute approximate surface area is 193 Å². The highest BCUT2D eigenvalue weighted by Crippen LogP contribution is 2.31. The first kappa shape index (κ1) is 22.6. The first-order valence-corrected chi connectivity index (χ1v) is 11.8. The molecule has 0 spiro atoms. The van der Waals surface area contributed by atoms with Crippen LogP contribution >= 0.6 is 0 Å². The average Bonchev–Trinajstić information content (AvgIpc) is 3.13. The molecule has 0 atom stereocenters. The molecule has 0 aliphatic heterocycles. The van der Waals surface area contributed by atoms with Gasteiger partial charge in [-0.2, -0.15) is 9.78 Å². The smallest absolute Gasteiger partial charge is 0.266 e. The normalized spacial score (nSPS) is 11.6. The molecule has 4 aromatic rings. The van der Waals surface area contributed by atoms with Crippen molar-refractivity contribution in [2.45, 2.75) is 32.6 Å². The van der Waals surface area contributed by atoms with Crippen LogP contribution in [0.3, 0.4) is 0 Å². The quantitative estimate of drug-likeness (QED) is 0.450. The second-order valence-corrected chi connectivity index (χ2v) is 9.58. The van der Waals surface area contributed by atoms with Crippen LogP contribution in [0.5, 0.6) is 11.5 Å². The summed E-state index contributed by atoms with van der Waals surface area (Å²) in [6.45, 7) is 7.52. The Kier molecular flexibility index (Phi) is 5.75. The molecule has 0 saturated carbocycles. The molecule has 4 rings (SSSR count). The fraction of sp³-hybridized carbons (Fsp3) is 0.250. The molecule has 0 saturated heterocycles. The number of fused-ring (bicyclic) bond motifs is 1. The van der Waals surface area contributed by atoms with Gasteiger partial charge in [-0.05, 0) is 68.7 Å². The molecular formula is C24H26N4O4S. The summed E-state index contributed by atoms with van der Waals surface area (Å²) in [7, 11) is -0.925. The minimum Gasteiger partial charge on any atom is -0.495 e. The molecule has 172 valence electrons. The van der Waals surface area contributed by atoms with Gasteiger partial charge in [-0.3, -0.25) is 4.72 Å². The number of aromatic nitrogens is 3. The Morgan fingerprint density at radius 3 is 2.27 bits per heavy atom. The number of pyridine rings is 1. The predicted molar refractivity (Wildman–Crippen MR) is 128 cm³/mol. The third kappa shape index (κ3) is 4.11. The number of ether oxygens (including phenoxy) is 2. The lowest BCUT2D eigenvalue weighted by atomic mass is 10.1. The van der Waals surface area contributed by atoms with Crippen LogP contribution in [-0.2, 0) is 10.0 Å². The molecule has 0 bridgehead atoms. The number of methoxy groups -OCH3 is 2. The Balaban J connectivity index is 1.84. The number of sulfonamides is 1. The van der Waals surface area contributed by atoms with Gasteiger partial charge in [0.15, 0.2) is 5.82 Å². The molecule has 1 N–H and O–H groups in total. The second-order valence-electron chi connectivity index (χ2n) is 7.93. The summed E-state index contributed by atoms with van der Waals surface area (Å²) < 4.78 is 41.7. The molecule has 2 aromatic heterocycles. The van der Waals surface area contributed by atoms with Gasteiger partial charge in [-0.15, -0.1) is 0 Å². The lowest BCUT2D eigenvalue weighted by Crippen LogP contribution is -2.17. The van der Waals surface area contributed by atoms with Crippen molar-refractivity contribution in [2.75, 3.05) is 18.9 Å². The number of nitrogens with zero attached hydrogens (tertiary/aromatic N) is 3. The third-order valence-electron chi connectivity index (χ3n) is 5.57. The Morgan fingerprint density at radius 1 is 0.879 bits per heavy atom. The number of anilines is 1. The highest BCUT2D eigenvalue weighted by Gasteiger charge is 2.24. The van der Waals surface area contributed by atoms with Crippen LogP contribution in [-0.4, -0.2) is 37.4 Å². The summed E-state index contributed by atoms with van der Waals surface area (Å²) in [5, 5.41) is 5.44. The average molecular weight is 467 g/mol. The van der Waals surface area contributed by atoms with E-state index in [1.807, 2.05) is 45.0 Å². The van der Waals surface area contributed by atoms with Crippen molar-refractivity contribution in [3.8, 4) is 17.3 Å². The van der Waals surface area contributed by atoms with E-state index in [2.05, 4.69) is 9.82 Å². The lowest BCUT2D eigenvalue weighted by molar-refractivity contribution is 0.402. The first-order valence-electron chi connectivity index (χ1n) is 10.3. The van der Waals surface area contributed by atoms with E-state index in [0.717, 1.165) is 22.1 Å². The van der Waals surface area contributed by atoms with Crippen molar-refractivity contribution in [1.82, 2.24) is 14.8 Å². The van der Waals surface area contributed by atoms with Gasteiger partial charge >= 0.3 is 0 Å². The summed E-state index contributed by atoms with van der Waals surface area (Å²) in [5.74, 6) is 1.65. The van der Waals surface area contributed by atoms with Crippen molar-refractivity contribution in [3.63, 3.8) is 0 Å². The Bertz CT molecular complexity index is 1480. The predicted octanol–water partition coefficient (Wildman–Crippen LogP) is 4.47. The molecule has 33 heavy (non-hydrogen) atoms. The van der Waals surface area contributed by atoms with Gasteiger partial charge in [0.2, 0.25) is 0 Å². The molecule has 0 amide bonds. The van der Waals surface area contributed by atoms with Gasteiger partial charge < -0.3 is 9.47 Å². The summed E-state index contributed by atoms with van der Waals surface area (Å²) in [4.78, 5) is 4.79. The highest BCUT2D eigenvalue weighted by molar-refractivity contribution is 7.92. The molecule has 0 aliphatic carbocycles. The zero-order chi connectivity index (χ0) is 23.9. The Morgan fingerprint density at radius 2 is 1.58 bits per heavy atom. The maximum Gasteiger partial charge on any atom is 0.266 e. The van der Waals surface area contributed by atoms with Crippen LogP contribution in [0.4, 0.5) is 5.82 Å². The van der Waals surface area contributed by atoms with Gasteiger partial charge in [-0.25, -0.2) is 13.4 Å². The highest BCUT2D eigenvalue weighted by atomic mass is 32.2. The van der Waals surface area contributed by atoms with Gasteiger partial charge in [0.25, 0.3) is 10.0 Å². The molecule has 2 aromatic carbocycles. The van der Waals surface area contributed by atoms with E-state index >= 15 is 0 Å². The first-order chi connectivity index (χ1) is 15.6. The van der Waals surface area contributed by atoms with E-state index in [9.17, 15) is 8.42 Å². The molecule has 2 heterocycles. The molecule has 9 heteroatoms. The summed E-state index contributed by atoms with van der Waals surface area (Å²) in [6.07, 6.45) is 0. The van der Waals surface area contributed by atoms with Crippen molar-refractivity contribution in [3.05, 3.63) is 64.8 Å². The van der Waals surface area contributed by atoms with E-state index in [1.165, 1.54) is 11.8 Å². The van der Waals surface area contributed by atoms with Crippen molar-refractivity contribution < 1.29 is 17.9 Å². The number of aryl methyl sites for hydroxylation is 4. The van der Waals surface area contributed by atoms with Gasteiger partial charge in [0.05, 0.1) is 19.9 Å². The van der Waals surface area contributed by atoms with E-state index in [0.29, 0.717) is 22.8 Å². The number of hydrogen-bond acceptors (Lipinski definition) is 6. The minimum absolute atomic E-state index is 0.0582. The maximum absolute atomic E-state index is 13.3. The van der Waals surface area contributed by atoms with Crippen molar-refractivity contribution in [1.29, 1.82) is 0 Å². The fourth-order valence-electron chi connectivity index (χ4n) is 3.72. The van der Waals surface area contributed by atoms with Gasteiger partial charge in [0, 0.05) is 11.5 Å². The van der Waals surface area contributed by atoms with Gasteiger partial charge in [-0.1, -0.05) is 12.1 Å². The van der Waals surface area contributed by atoms with Crippen LogP contribution in [0.1, 0.15) is 22.4 Å². The molecule has 0 aliphatic rings. The van der Waals surface area contributed by atoms with Crippen LogP contribution in [0.2, 0.25) is 0 Å². The Hall–Kier alpha value is -3.59. The summed E-state index contributed by atoms with van der Waals surface area (Å²) in [6, 6.07) is 12.6. The molecule has 8 nitrogen and oxygen atoms in total. The maximum atomic E-state index is 13.3. The second kappa shape index (κ2) is 8.40. The SMILES string of the molecule is COc1cc(C)c(C)cc1S(=O)(=O)Nc1cc(C)nn1-c1cc(C)c2cccc(OC)c2n1. The van der Waals surface area contributed by atoms with E-state index in [1.54, 1.807) is 32.2 Å². The van der Waals surface area contributed by atoms with Crippen LogP contribution in [0.25, 0.3) is 16.7 Å². The van der Waals surface area contributed by atoms with Crippen LogP contribution in [0, 0.1) is 27.7 Å². The van der Waals surface area contributed by atoms with E-state index in [-0.39, 0.29) is 16.5 Å². The van der Waals surface area contributed by atoms with Crippen molar-refractivity contribution >= 4 is 26.7 Å². The van der Waals surface area contributed by atoms with E-state index in [4.69, 9.17) is 14.5 Å². The standard InChI is InChI=1S/C24H26N4O4S/c1-14-10-20(32-6)21(11-15(14)2)33(29,30)27-23-13-17(4)26-28(23)22-12-16(3)18-8-7-9-19(31-5)24(18)25-22/h7-13,27H,1-6H3. The zero-order valence-corrected chi connectivity index (χ0v) is 20.2. The number of para-hydroxylation sites is 1. The molecule has 0 radical (unpaired) electrons. The zero-order valence-electron chi connectivity index (χ0n) is 19.4. The molecular weight excluding hydrogens is 440 g/mol. The largest absolute Gasteiger partial charge is 0.495 e. The van der Waals surface area contributed by atoms with Crippen molar-refractivity contribution in [2.24, 2.45) is 0 Å².